The van der Waals surface area contributed by atoms with Crippen molar-refractivity contribution in [2.45, 2.75) is 28.4 Å². The van der Waals surface area contributed by atoms with E-state index >= 15 is 0 Å². The fraction of sp³-hybridized carbons (Fsp3) is 0.259. The van der Waals surface area contributed by atoms with Crippen LogP contribution in [0.1, 0.15) is 18.4 Å². The second-order valence-corrected chi connectivity index (χ2v) is 13.0. The number of thioether (sulfide) groups is 1. The Bertz CT molecular complexity index is 1380. The molecule has 1 aliphatic heterocycles. The third-order valence-electron chi connectivity index (χ3n) is 6.06. The highest BCUT2D eigenvalue weighted by Gasteiger charge is 2.30. The van der Waals surface area contributed by atoms with Crippen molar-refractivity contribution >= 4 is 66.8 Å². The molecule has 1 aliphatic rings. The van der Waals surface area contributed by atoms with Crippen LogP contribution in [0.4, 0.5) is 5.69 Å². The molecule has 0 radical (unpaired) electrons. The largest absolute Gasteiger partial charge is 0.340 e. The van der Waals surface area contributed by atoms with E-state index in [1.54, 1.807) is 16.7 Å². The molecule has 0 atom stereocenters. The maximum absolute atomic E-state index is 12.8. The van der Waals surface area contributed by atoms with Crippen LogP contribution in [0.5, 0.6) is 0 Å². The first-order valence-corrected chi connectivity index (χ1v) is 15.6. The van der Waals surface area contributed by atoms with Gasteiger partial charge < -0.3 is 10.2 Å². The third-order valence-corrected chi connectivity index (χ3v) is 10.3. The minimum atomic E-state index is -3.65. The van der Waals surface area contributed by atoms with Crippen molar-refractivity contribution in [3.63, 3.8) is 0 Å². The van der Waals surface area contributed by atoms with Gasteiger partial charge in [-0.05, 0) is 64.0 Å². The summed E-state index contributed by atoms with van der Waals surface area (Å²) >= 11 is 11.1. The number of anilines is 1. The van der Waals surface area contributed by atoms with Crippen molar-refractivity contribution in [1.29, 1.82) is 0 Å². The number of rotatable bonds is 9. The van der Waals surface area contributed by atoms with E-state index in [4.69, 9.17) is 11.6 Å². The average Bonchev–Trinajstić information content (AvgIpc) is 2.92. The summed E-state index contributed by atoms with van der Waals surface area (Å²) in [7, 11) is -3.65. The number of carbonyl (C=O) groups excluding carboxylic acids is 2. The predicted molar refractivity (Wildman–Crippen MR) is 155 cm³/mol. The maximum atomic E-state index is 12.8. The van der Waals surface area contributed by atoms with Gasteiger partial charge in [0.1, 0.15) is 0 Å². The van der Waals surface area contributed by atoms with Gasteiger partial charge in [0.2, 0.25) is 21.8 Å². The summed E-state index contributed by atoms with van der Waals surface area (Å²) in [6, 6.07) is 21.9. The molecule has 3 aromatic carbocycles. The fourth-order valence-electron chi connectivity index (χ4n) is 3.97. The molecule has 0 unspecified atom stereocenters. The summed E-state index contributed by atoms with van der Waals surface area (Å²) in [6.45, 7) is 0.960. The van der Waals surface area contributed by atoms with E-state index in [2.05, 4.69) is 33.4 Å². The van der Waals surface area contributed by atoms with Crippen LogP contribution in [0.2, 0.25) is 5.02 Å². The van der Waals surface area contributed by atoms with Crippen molar-refractivity contribution < 1.29 is 18.0 Å². The van der Waals surface area contributed by atoms with Crippen LogP contribution in [0, 0.1) is 0 Å². The first-order valence-electron chi connectivity index (χ1n) is 12.0. The number of piperazine rings is 1. The SMILES string of the molecule is O=C(CCC(=O)N1CCN(S(=O)(=O)c2ccc(Cl)cc2)CC1)Nc1ccc(SCc2ccccc2)c(Br)c1. The average molecular weight is 637 g/mol. The Kier molecular flexibility index (Phi) is 9.89. The molecule has 38 heavy (non-hydrogen) atoms. The van der Waals surface area contributed by atoms with Crippen LogP contribution in [-0.4, -0.2) is 55.6 Å². The quantitative estimate of drug-likeness (QED) is 0.307. The summed E-state index contributed by atoms with van der Waals surface area (Å²) in [5, 5.41) is 3.31. The summed E-state index contributed by atoms with van der Waals surface area (Å²) in [6.07, 6.45) is 0.103. The first-order chi connectivity index (χ1) is 18.2. The van der Waals surface area contributed by atoms with Crippen molar-refractivity contribution in [3.8, 4) is 0 Å². The number of carbonyl (C=O) groups is 2. The summed E-state index contributed by atoms with van der Waals surface area (Å²) in [5.41, 5.74) is 1.88. The van der Waals surface area contributed by atoms with Gasteiger partial charge in [-0.2, -0.15) is 4.31 Å². The molecule has 1 N–H and O–H groups in total. The molecule has 1 saturated heterocycles. The lowest BCUT2D eigenvalue weighted by molar-refractivity contribution is -0.133. The van der Waals surface area contributed by atoms with Crippen LogP contribution in [0.3, 0.4) is 0 Å². The predicted octanol–water partition coefficient (Wildman–Crippen LogP) is 5.65. The smallest absolute Gasteiger partial charge is 0.243 e. The topological polar surface area (TPSA) is 86.8 Å². The molecule has 0 bridgehead atoms. The lowest BCUT2D eigenvalue weighted by Gasteiger charge is -2.34. The van der Waals surface area contributed by atoms with Crippen LogP contribution in [-0.2, 0) is 25.4 Å². The molecule has 0 aliphatic carbocycles. The van der Waals surface area contributed by atoms with E-state index in [1.807, 2.05) is 36.4 Å². The third kappa shape index (κ3) is 7.60. The van der Waals surface area contributed by atoms with Gasteiger partial charge >= 0.3 is 0 Å². The summed E-state index contributed by atoms with van der Waals surface area (Å²) in [4.78, 5) is 28.0. The van der Waals surface area contributed by atoms with Gasteiger partial charge in [0.15, 0.2) is 0 Å². The van der Waals surface area contributed by atoms with E-state index in [1.165, 1.54) is 34.1 Å². The lowest BCUT2D eigenvalue weighted by Crippen LogP contribution is -2.50. The van der Waals surface area contributed by atoms with Crippen molar-refractivity contribution in [2.24, 2.45) is 0 Å². The Morgan fingerprint density at radius 3 is 2.26 bits per heavy atom. The molecule has 3 aromatic rings. The number of halogens is 2. The zero-order valence-electron chi connectivity index (χ0n) is 20.5. The molecule has 200 valence electrons. The van der Waals surface area contributed by atoms with Crippen LogP contribution >= 0.6 is 39.3 Å². The highest BCUT2D eigenvalue weighted by molar-refractivity contribution is 9.10. The van der Waals surface area contributed by atoms with Gasteiger partial charge in [-0.25, -0.2) is 8.42 Å². The molecule has 4 rings (SSSR count). The lowest BCUT2D eigenvalue weighted by atomic mass is 10.2. The highest BCUT2D eigenvalue weighted by Crippen LogP contribution is 2.32. The second-order valence-electron chi connectivity index (χ2n) is 8.71. The van der Waals surface area contributed by atoms with Crippen LogP contribution in [0.15, 0.2) is 87.1 Å². The summed E-state index contributed by atoms with van der Waals surface area (Å²) in [5.74, 6) is 0.422. The molecule has 0 spiro atoms. The minimum Gasteiger partial charge on any atom is -0.340 e. The number of hydrogen-bond acceptors (Lipinski definition) is 5. The van der Waals surface area contributed by atoms with E-state index in [-0.39, 0.29) is 55.7 Å². The molecule has 1 heterocycles. The molecule has 1 fully saturated rings. The van der Waals surface area contributed by atoms with Crippen molar-refractivity contribution in [3.05, 3.63) is 87.9 Å². The van der Waals surface area contributed by atoms with Gasteiger partial charge in [0, 0.05) is 64.9 Å². The highest BCUT2D eigenvalue weighted by atomic mass is 79.9. The normalized spacial score (nSPS) is 14.3. The van der Waals surface area contributed by atoms with E-state index in [0.717, 1.165) is 15.1 Å². The molecule has 2 amide bonds. The molecule has 0 saturated carbocycles. The maximum Gasteiger partial charge on any atom is 0.243 e. The first kappa shape index (κ1) is 28.6. The van der Waals surface area contributed by atoms with Gasteiger partial charge in [0.25, 0.3) is 0 Å². The van der Waals surface area contributed by atoms with Crippen molar-refractivity contribution in [2.75, 3.05) is 31.5 Å². The monoisotopic (exact) mass is 635 g/mol. The fourth-order valence-corrected chi connectivity index (χ4v) is 7.11. The van der Waals surface area contributed by atoms with E-state index in [0.29, 0.717) is 10.7 Å². The Morgan fingerprint density at radius 2 is 1.61 bits per heavy atom. The van der Waals surface area contributed by atoms with Gasteiger partial charge in [-0.15, -0.1) is 11.8 Å². The molecule has 11 heteroatoms. The van der Waals surface area contributed by atoms with Gasteiger partial charge in [0.05, 0.1) is 4.90 Å². The number of nitrogens with zero attached hydrogens (tertiary/aromatic N) is 2. The van der Waals surface area contributed by atoms with Gasteiger partial charge in [-0.1, -0.05) is 41.9 Å². The molecule has 0 aromatic heterocycles. The standard InChI is InChI=1S/C27H27BrClN3O4S2/c28-24-18-22(8-11-25(24)37-19-20-4-2-1-3-5-20)30-26(33)12-13-27(34)31-14-16-32(17-15-31)38(35,36)23-9-6-21(29)7-10-23/h1-11,18H,12-17,19H2,(H,30,33). The second kappa shape index (κ2) is 13.1. The van der Waals surface area contributed by atoms with E-state index in [9.17, 15) is 18.0 Å². The summed E-state index contributed by atoms with van der Waals surface area (Å²) < 4.78 is 27.9. The number of hydrogen-bond donors (Lipinski definition) is 1. The number of nitrogens with one attached hydrogen (secondary N) is 1. The van der Waals surface area contributed by atoms with Crippen LogP contribution in [0.25, 0.3) is 0 Å². The van der Waals surface area contributed by atoms with Gasteiger partial charge in [-0.3, -0.25) is 9.59 Å². The minimum absolute atomic E-state index is 0.0459. The number of sulfonamides is 1. The number of benzene rings is 3. The van der Waals surface area contributed by atoms with Crippen LogP contribution < -0.4 is 5.32 Å². The molecular formula is C27H27BrClN3O4S2. The zero-order valence-corrected chi connectivity index (χ0v) is 24.5. The van der Waals surface area contributed by atoms with E-state index < -0.39 is 10.0 Å². The molecular weight excluding hydrogens is 610 g/mol. The Morgan fingerprint density at radius 1 is 0.921 bits per heavy atom. The van der Waals surface area contributed by atoms with Crippen molar-refractivity contribution in [1.82, 2.24) is 9.21 Å². The molecule has 7 nitrogen and oxygen atoms in total. The Hall–Kier alpha value is -2.37. The number of amides is 2. The Labute approximate surface area is 240 Å². The Balaban J connectivity index is 1.21. The zero-order chi connectivity index (χ0) is 27.1.